The number of aromatic amines is 1. The molecule has 0 bridgehead atoms. The summed E-state index contributed by atoms with van der Waals surface area (Å²) in [7, 11) is 2.01. The second-order valence-electron chi connectivity index (χ2n) is 3.45. The van der Waals surface area contributed by atoms with Gasteiger partial charge in [0.25, 0.3) is 0 Å². The monoisotopic (exact) mass is 212 g/mol. The van der Waals surface area contributed by atoms with Crippen LogP contribution in [-0.4, -0.2) is 9.55 Å². The van der Waals surface area contributed by atoms with Crippen molar-refractivity contribution >= 4 is 24.4 Å². The summed E-state index contributed by atoms with van der Waals surface area (Å²) >= 11 is 10.4. The summed E-state index contributed by atoms with van der Waals surface area (Å²) in [5, 5.41) is 0. The molecule has 70 valence electrons. The predicted molar refractivity (Wildman–Crippen MR) is 58.1 cm³/mol. The highest BCUT2D eigenvalue weighted by molar-refractivity contribution is 7.72. The molecule has 0 aromatic carbocycles. The van der Waals surface area contributed by atoms with E-state index >= 15 is 0 Å². The molecule has 0 amide bonds. The zero-order chi connectivity index (χ0) is 9.42. The fourth-order valence-corrected chi connectivity index (χ4v) is 2.48. The van der Waals surface area contributed by atoms with Gasteiger partial charge in [-0.1, -0.05) is 12.2 Å². The summed E-state index contributed by atoms with van der Waals surface area (Å²) < 4.78 is 3.64. The van der Waals surface area contributed by atoms with Crippen LogP contribution in [0.5, 0.6) is 0 Å². The predicted octanol–water partition coefficient (Wildman–Crippen LogP) is 2.69. The van der Waals surface area contributed by atoms with E-state index in [9.17, 15) is 0 Å². The maximum Gasteiger partial charge on any atom is 0.178 e. The minimum absolute atomic E-state index is 0.741. The van der Waals surface area contributed by atoms with Gasteiger partial charge >= 0.3 is 0 Å². The van der Waals surface area contributed by atoms with E-state index in [0.29, 0.717) is 0 Å². The van der Waals surface area contributed by atoms with Crippen LogP contribution in [0.3, 0.4) is 0 Å². The molecule has 0 fully saturated rings. The van der Waals surface area contributed by atoms with Gasteiger partial charge in [-0.25, -0.2) is 0 Å². The van der Waals surface area contributed by atoms with Crippen LogP contribution in [0.2, 0.25) is 0 Å². The Kier molecular flexibility index (Phi) is 2.34. The number of rotatable bonds is 0. The van der Waals surface area contributed by atoms with Crippen molar-refractivity contribution < 1.29 is 0 Å². The molecule has 0 saturated heterocycles. The lowest BCUT2D eigenvalue weighted by Gasteiger charge is -2.18. The minimum Gasteiger partial charge on any atom is -0.325 e. The summed E-state index contributed by atoms with van der Waals surface area (Å²) in [4.78, 5) is 3.06. The molecule has 2 nitrogen and oxygen atoms in total. The van der Waals surface area contributed by atoms with Crippen molar-refractivity contribution in [1.29, 1.82) is 0 Å². The summed E-state index contributed by atoms with van der Waals surface area (Å²) in [5.41, 5.74) is 2.64. The SMILES string of the molecule is Cn1c2c(c(=S)[nH]c1=S)CCCC2. The molecule has 0 unspecified atom stereocenters. The molecule has 0 aliphatic heterocycles. The fraction of sp³-hybridized carbons (Fsp3) is 0.556. The lowest BCUT2D eigenvalue weighted by molar-refractivity contribution is 0.615. The molecule has 1 aliphatic carbocycles. The molecule has 0 saturated carbocycles. The number of aromatic nitrogens is 2. The van der Waals surface area contributed by atoms with Gasteiger partial charge < -0.3 is 9.55 Å². The van der Waals surface area contributed by atoms with Gasteiger partial charge in [0.1, 0.15) is 4.64 Å². The first-order valence-electron chi connectivity index (χ1n) is 4.51. The number of H-pyrrole nitrogens is 1. The van der Waals surface area contributed by atoms with Crippen LogP contribution in [0.4, 0.5) is 0 Å². The standard InChI is InChI=1S/C9H12N2S2/c1-11-7-5-3-2-4-6(7)8(12)10-9(11)13/h2-5H2,1H3,(H,10,12,13). The zero-order valence-electron chi connectivity index (χ0n) is 7.59. The summed E-state index contributed by atoms with van der Waals surface area (Å²) in [6.45, 7) is 0. The fourth-order valence-electron chi connectivity index (χ4n) is 1.88. The Hall–Kier alpha value is -0.480. The van der Waals surface area contributed by atoms with Gasteiger partial charge in [-0.3, -0.25) is 0 Å². The van der Waals surface area contributed by atoms with Crippen LogP contribution in [0, 0.1) is 9.41 Å². The molecule has 0 spiro atoms. The summed E-state index contributed by atoms with van der Waals surface area (Å²) in [6, 6.07) is 0. The third-order valence-electron chi connectivity index (χ3n) is 2.64. The number of fused-ring (bicyclic) bond motifs is 1. The molecule has 1 aromatic heterocycles. The highest BCUT2D eigenvalue weighted by Gasteiger charge is 2.13. The normalized spacial score (nSPS) is 15.5. The minimum atomic E-state index is 0.741. The van der Waals surface area contributed by atoms with Gasteiger partial charge in [-0.2, -0.15) is 0 Å². The average molecular weight is 212 g/mol. The third-order valence-corrected chi connectivity index (χ3v) is 3.37. The second-order valence-corrected chi connectivity index (χ2v) is 4.25. The maximum absolute atomic E-state index is 5.25. The molecule has 1 aliphatic rings. The average Bonchev–Trinajstić information content (AvgIpc) is 2.15. The van der Waals surface area contributed by atoms with Gasteiger partial charge in [-0.05, 0) is 37.9 Å². The van der Waals surface area contributed by atoms with Crippen LogP contribution >= 0.6 is 24.4 Å². The van der Waals surface area contributed by atoms with Crippen LogP contribution in [0.15, 0.2) is 0 Å². The largest absolute Gasteiger partial charge is 0.325 e. The van der Waals surface area contributed by atoms with Crippen molar-refractivity contribution in [3.05, 3.63) is 20.7 Å². The number of hydrogen-bond acceptors (Lipinski definition) is 2. The highest BCUT2D eigenvalue weighted by Crippen LogP contribution is 2.20. The first-order chi connectivity index (χ1) is 6.20. The first-order valence-corrected chi connectivity index (χ1v) is 5.33. The van der Waals surface area contributed by atoms with Gasteiger partial charge in [-0.15, -0.1) is 0 Å². The van der Waals surface area contributed by atoms with Crippen LogP contribution < -0.4 is 0 Å². The molecule has 2 rings (SSSR count). The van der Waals surface area contributed by atoms with Crippen molar-refractivity contribution in [2.75, 3.05) is 0 Å². The van der Waals surface area contributed by atoms with E-state index in [1.54, 1.807) is 0 Å². The van der Waals surface area contributed by atoms with E-state index < -0.39 is 0 Å². The molecule has 0 atom stereocenters. The van der Waals surface area contributed by atoms with Gasteiger partial charge in [0, 0.05) is 18.3 Å². The smallest absolute Gasteiger partial charge is 0.178 e. The Morgan fingerprint density at radius 2 is 1.92 bits per heavy atom. The molecule has 13 heavy (non-hydrogen) atoms. The molecule has 1 heterocycles. The molecular weight excluding hydrogens is 200 g/mol. The molecule has 4 heteroatoms. The van der Waals surface area contributed by atoms with E-state index in [2.05, 4.69) is 9.55 Å². The summed E-state index contributed by atoms with van der Waals surface area (Å²) in [6.07, 6.45) is 4.73. The molecule has 0 radical (unpaired) electrons. The van der Waals surface area contributed by atoms with E-state index in [4.69, 9.17) is 24.4 Å². The second kappa shape index (κ2) is 3.35. The van der Waals surface area contributed by atoms with Gasteiger partial charge in [0.05, 0.1) is 0 Å². The van der Waals surface area contributed by atoms with E-state index in [-0.39, 0.29) is 0 Å². The van der Waals surface area contributed by atoms with Crippen molar-refractivity contribution in [2.24, 2.45) is 7.05 Å². The Morgan fingerprint density at radius 1 is 1.23 bits per heavy atom. The summed E-state index contributed by atoms with van der Waals surface area (Å²) in [5.74, 6) is 0. The number of nitrogens with zero attached hydrogens (tertiary/aromatic N) is 1. The van der Waals surface area contributed by atoms with Crippen molar-refractivity contribution in [1.82, 2.24) is 9.55 Å². The van der Waals surface area contributed by atoms with Crippen LogP contribution in [-0.2, 0) is 19.9 Å². The topological polar surface area (TPSA) is 20.7 Å². The van der Waals surface area contributed by atoms with Crippen molar-refractivity contribution in [3.8, 4) is 0 Å². The van der Waals surface area contributed by atoms with Crippen molar-refractivity contribution in [2.45, 2.75) is 25.7 Å². The lowest BCUT2D eigenvalue weighted by Crippen LogP contribution is -2.13. The van der Waals surface area contributed by atoms with Gasteiger partial charge in [0.2, 0.25) is 0 Å². The molecular formula is C9H12N2S2. The highest BCUT2D eigenvalue weighted by atomic mass is 32.1. The van der Waals surface area contributed by atoms with Crippen molar-refractivity contribution in [3.63, 3.8) is 0 Å². The van der Waals surface area contributed by atoms with E-state index in [0.717, 1.165) is 22.3 Å². The first kappa shape index (κ1) is 9.09. The van der Waals surface area contributed by atoms with E-state index in [1.807, 2.05) is 7.05 Å². The third kappa shape index (κ3) is 1.48. The van der Waals surface area contributed by atoms with Crippen LogP contribution in [0.1, 0.15) is 24.1 Å². The Balaban J connectivity index is 2.77. The Labute approximate surface area is 87.6 Å². The number of hydrogen-bond donors (Lipinski definition) is 1. The Bertz CT molecular complexity index is 442. The number of nitrogens with one attached hydrogen (secondary N) is 1. The van der Waals surface area contributed by atoms with Gasteiger partial charge in [0.15, 0.2) is 4.77 Å². The quantitative estimate of drug-likeness (QED) is 0.667. The molecule has 1 N–H and O–H groups in total. The van der Waals surface area contributed by atoms with E-state index in [1.165, 1.54) is 24.1 Å². The van der Waals surface area contributed by atoms with Crippen LogP contribution in [0.25, 0.3) is 0 Å². The Morgan fingerprint density at radius 3 is 2.69 bits per heavy atom. The molecule has 1 aromatic rings. The zero-order valence-corrected chi connectivity index (χ0v) is 9.23. The lowest BCUT2D eigenvalue weighted by atomic mass is 9.97. The maximum atomic E-state index is 5.25.